The molecule has 2 amide bonds. The normalized spacial score (nSPS) is 18.5. The Labute approximate surface area is 126 Å². The second-order valence-corrected chi connectivity index (χ2v) is 6.21. The molecule has 0 aromatic rings. The Bertz CT molecular complexity index is 379. The molecule has 2 atom stereocenters. The van der Waals surface area contributed by atoms with Crippen LogP contribution in [0.4, 0.5) is 0 Å². The van der Waals surface area contributed by atoms with Gasteiger partial charge < -0.3 is 16.0 Å². The first-order chi connectivity index (χ1) is 9.34. The number of likely N-dealkylation sites (tertiary alicyclic amines) is 1. The Morgan fingerprint density at radius 3 is 2.15 bits per heavy atom. The standard InChI is InChI=1S/C14H25N3O2S/c1-9(2)11(12(15)20)13(18)16-10(3)14(19)17-7-5-4-6-8-17/h9-11H,4-8H2,1-3H3,(H2,15,20)(H,16,18). The number of rotatable bonds is 5. The number of carbonyl (C=O) groups excluding carboxylic acids is 2. The average molecular weight is 299 g/mol. The van der Waals surface area contributed by atoms with Gasteiger partial charge in [-0.05, 0) is 32.1 Å². The third-order valence-corrected chi connectivity index (χ3v) is 3.91. The molecule has 1 heterocycles. The molecule has 20 heavy (non-hydrogen) atoms. The Morgan fingerprint density at radius 2 is 1.70 bits per heavy atom. The third-order valence-electron chi connectivity index (χ3n) is 3.65. The average Bonchev–Trinajstić information content (AvgIpc) is 2.37. The Kier molecular flexibility index (Phi) is 6.39. The molecule has 0 bridgehead atoms. The first-order valence-electron chi connectivity index (χ1n) is 7.23. The fourth-order valence-electron chi connectivity index (χ4n) is 2.51. The van der Waals surface area contributed by atoms with Gasteiger partial charge in [0.15, 0.2) is 0 Å². The molecule has 1 aliphatic heterocycles. The van der Waals surface area contributed by atoms with Gasteiger partial charge in [-0.2, -0.15) is 0 Å². The Morgan fingerprint density at radius 1 is 1.15 bits per heavy atom. The summed E-state index contributed by atoms with van der Waals surface area (Å²) in [6.07, 6.45) is 3.24. The number of nitrogens with two attached hydrogens (primary N) is 1. The maximum atomic E-state index is 12.2. The smallest absolute Gasteiger partial charge is 0.244 e. The van der Waals surface area contributed by atoms with Crippen LogP contribution in [0.3, 0.4) is 0 Å². The minimum Gasteiger partial charge on any atom is -0.393 e. The summed E-state index contributed by atoms with van der Waals surface area (Å²) in [6, 6.07) is -0.531. The largest absolute Gasteiger partial charge is 0.393 e. The van der Waals surface area contributed by atoms with Crippen LogP contribution in [0.15, 0.2) is 0 Å². The third kappa shape index (κ3) is 4.44. The quantitative estimate of drug-likeness (QED) is 0.744. The van der Waals surface area contributed by atoms with Gasteiger partial charge in [0.05, 0.1) is 10.9 Å². The zero-order chi connectivity index (χ0) is 15.3. The predicted molar refractivity (Wildman–Crippen MR) is 83.1 cm³/mol. The van der Waals surface area contributed by atoms with E-state index in [1.54, 1.807) is 6.92 Å². The molecule has 1 saturated heterocycles. The van der Waals surface area contributed by atoms with Gasteiger partial charge in [0.25, 0.3) is 0 Å². The molecule has 1 fully saturated rings. The summed E-state index contributed by atoms with van der Waals surface area (Å²) in [5, 5.41) is 2.74. The van der Waals surface area contributed by atoms with Gasteiger partial charge in [0.2, 0.25) is 11.8 Å². The van der Waals surface area contributed by atoms with Crippen molar-refractivity contribution >= 4 is 29.0 Å². The van der Waals surface area contributed by atoms with E-state index in [-0.39, 0.29) is 22.7 Å². The highest BCUT2D eigenvalue weighted by molar-refractivity contribution is 7.80. The monoisotopic (exact) mass is 299 g/mol. The molecule has 114 valence electrons. The molecule has 0 aromatic carbocycles. The van der Waals surface area contributed by atoms with Crippen LogP contribution in [0.5, 0.6) is 0 Å². The van der Waals surface area contributed by atoms with Crippen molar-refractivity contribution in [2.45, 2.75) is 46.1 Å². The van der Waals surface area contributed by atoms with Crippen molar-refractivity contribution in [2.24, 2.45) is 17.6 Å². The summed E-state index contributed by atoms with van der Waals surface area (Å²) in [5.74, 6) is -0.791. The van der Waals surface area contributed by atoms with E-state index in [0.29, 0.717) is 0 Å². The molecule has 1 aliphatic rings. The summed E-state index contributed by atoms with van der Waals surface area (Å²) in [5.41, 5.74) is 5.61. The second kappa shape index (κ2) is 7.57. The number of nitrogens with one attached hydrogen (secondary N) is 1. The molecular weight excluding hydrogens is 274 g/mol. The molecule has 0 spiro atoms. The van der Waals surface area contributed by atoms with Gasteiger partial charge in [-0.15, -0.1) is 0 Å². The van der Waals surface area contributed by atoms with Crippen LogP contribution >= 0.6 is 12.2 Å². The summed E-state index contributed by atoms with van der Waals surface area (Å²) in [4.78, 5) is 26.4. The fraction of sp³-hybridized carbons (Fsp3) is 0.786. The van der Waals surface area contributed by atoms with Gasteiger partial charge >= 0.3 is 0 Å². The topological polar surface area (TPSA) is 75.4 Å². The zero-order valence-corrected chi connectivity index (χ0v) is 13.3. The number of nitrogens with zero attached hydrogens (tertiary/aromatic N) is 1. The number of hydrogen-bond donors (Lipinski definition) is 2. The van der Waals surface area contributed by atoms with Crippen molar-refractivity contribution in [2.75, 3.05) is 13.1 Å². The molecule has 2 unspecified atom stereocenters. The fourth-order valence-corrected chi connectivity index (χ4v) is 2.89. The van der Waals surface area contributed by atoms with Gasteiger partial charge in [0.1, 0.15) is 6.04 Å². The van der Waals surface area contributed by atoms with Crippen LogP contribution in [-0.2, 0) is 9.59 Å². The lowest BCUT2D eigenvalue weighted by Gasteiger charge is -2.30. The summed E-state index contributed by atoms with van der Waals surface area (Å²) in [6.45, 7) is 7.05. The number of carbonyl (C=O) groups is 2. The highest BCUT2D eigenvalue weighted by Gasteiger charge is 2.29. The van der Waals surface area contributed by atoms with Crippen LogP contribution in [0.2, 0.25) is 0 Å². The molecule has 1 rings (SSSR count). The van der Waals surface area contributed by atoms with Gasteiger partial charge in [-0.25, -0.2) is 0 Å². The van der Waals surface area contributed by atoms with Crippen molar-refractivity contribution in [3.63, 3.8) is 0 Å². The number of amides is 2. The Hall–Kier alpha value is -1.17. The van der Waals surface area contributed by atoms with Crippen LogP contribution in [0.25, 0.3) is 0 Å². The summed E-state index contributed by atoms with van der Waals surface area (Å²) >= 11 is 4.93. The van der Waals surface area contributed by atoms with Crippen LogP contribution < -0.4 is 11.1 Å². The van der Waals surface area contributed by atoms with E-state index in [4.69, 9.17) is 18.0 Å². The van der Waals surface area contributed by atoms with Crippen LogP contribution in [0, 0.1) is 11.8 Å². The van der Waals surface area contributed by atoms with E-state index in [1.165, 1.54) is 6.42 Å². The zero-order valence-electron chi connectivity index (χ0n) is 12.5. The molecule has 0 aromatic heterocycles. The van der Waals surface area contributed by atoms with Gasteiger partial charge in [-0.3, -0.25) is 9.59 Å². The Balaban J connectivity index is 2.59. The molecule has 6 heteroatoms. The molecule has 5 nitrogen and oxygen atoms in total. The first kappa shape index (κ1) is 16.9. The SMILES string of the molecule is CC(NC(=O)C(C(N)=S)C(C)C)C(=O)N1CCCCC1. The minimum absolute atomic E-state index is 0.0183. The molecule has 0 saturated carbocycles. The van der Waals surface area contributed by atoms with Crippen molar-refractivity contribution in [1.82, 2.24) is 10.2 Å². The number of thiocarbonyl (C=S) groups is 1. The molecule has 0 aliphatic carbocycles. The second-order valence-electron chi connectivity index (χ2n) is 5.74. The van der Waals surface area contributed by atoms with Crippen molar-refractivity contribution in [3.05, 3.63) is 0 Å². The van der Waals surface area contributed by atoms with E-state index in [1.807, 2.05) is 18.7 Å². The number of hydrogen-bond acceptors (Lipinski definition) is 3. The van der Waals surface area contributed by atoms with E-state index in [0.717, 1.165) is 25.9 Å². The minimum atomic E-state index is -0.531. The lowest BCUT2D eigenvalue weighted by atomic mass is 9.94. The number of piperidine rings is 1. The molecular formula is C14H25N3O2S. The molecule has 3 N–H and O–H groups in total. The van der Waals surface area contributed by atoms with E-state index in [9.17, 15) is 9.59 Å². The highest BCUT2D eigenvalue weighted by atomic mass is 32.1. The molecule has 0 radical (unpaired) electrons. The van der Waals surface area contributed by atoms with Crippen LogP contribution in [-0.4, -0.2) is 40.8 Å². The van der Waals surface area contributed by atoms with E-state index < -0.39 is 12.0 Å². The van der Waals surface area contributed by atoms with Gasteiger partial charge in [0, 0.05) is 13.1 Å². The lowest BCUT2D eigenvalue weighted by molar-refractivity contribution is -0.137. The maximum Gasteiger partial charge on any atom is 0.244 e. The lowest BCUT2D eigenvalue weighted by Crippen LogP contribution is -2.51. The van der Waals surface area contributed by atoms with Crippen molar-refractivity contribution < 1.29 is 9.59 Å². The van der Waals surface area contributed by atoms with Gasteiger partial charge in [-0.1, -0.05) is 26.1 Å². The van der Waals surface area contributed by atoms with E-state index in [2.05, 4.69) is 5.32 Å². The summed E-state index contributed by atoms with van der Waals surface area (Å²) in [7, 11) is 0. The van der Waals surface area contributed by atoms with Crippen LogP contribution in [0.1, 0.15) is 40.0 Å². The predicted octanol–water partition coefficient (Wildman–Crippen LogP) is 1.06. The maximum absolute atomic E-state index is 12.2. The van der Waals surface area contributed by atoms with Crippen molar-refractivity contribution in [3.8, 4) is 0 Å². The highest BCUT2D eigenvalue weighted by Crippen LogP contribution is 2.13. The summed E-state index contributed by atoms with van der Waals surface area (Å²) < 4.78 is 0. The van der Waals surface area contributed by atoms with E-state index >= 15 is 0 Å². The van der Waals surface area contributed by atoms with Crippen molar-refractivity contribution in [1.29, 1.82) is 0 Å². The first-order valence-corrected chi connectivity index (χ1v) is 7.64.